The molecule has 27 heavy (non-hydrogen) atoms. The van der Waals surface area contributed by atoms with E-state index in [-0.39, 0.29) is 11.3 Å². The van der Waals surface area contributed by atoms with Crippen molar-refractivity contribution in [1.82, 2.24) is 4.90 Å². The minimum Gasteiger partial charge on any atom is -0.497 e. The first-order valence-corrected chi connectivity index (χ1v) is 9.50. The number of benzene rings is 2. The van der Waals surface area contributed by atoms with Crippen molar-refractivity contribution in [2.45, 2.75) is 11.9 Å². The lowest BCUT2D eigenvalue weighted by molar-refractivity contribution is -0.128. The van der Waals surface area contributed by atoms with Gasteiger partial charge in [-0.2, -0.15) is 0 Å². The van der Waals surface area contributed by atoms with Gasteiger partial charge in [0.2, 0.25) is 5.91 Å². The molecule has 2 aromatic rings. The maximum atomic E-state index is 12.5. The fraction of sp³-hybridized carbons (Fsp3) is 0.350. The third kappa shape index (κ3) is 3.93. The Labute approximate surface area is 163 Å². The van der Waals surface area contributed by atoms with Crippen molar-refractivity contribution in [3.8, 4) is 23.0 Å². The summed E-state index contributed by atoms with van der Waals surface area (Å²) >= 11 is 1.59. The van der Waals surface area contributed by atoms with E-state index >= 15 is 0 Å². The van der Waals surface area contributed by atoms with Crippen LogP contribution in [-0.4, -0.2) is 45.0 Å². The summed E-state index contributed by atoms with van der Waals surface area (Å²) in [5, 5.41) is -0.119. The lowest BCUT2D eigenvalue weighted by Crippen LogP contribution is -2.27. The molecule has 3 rings (SSSR count). The quantitative estimate of drug-likeness (QED) is 0.723. The van der Waals surface area contributed by atoms with Gasteiger partial charge in [0.15, 0.2) is 11.5 Å². The van der Waals surface area contributed by atoms with Crippen LogP contribution in [0, 0.1) is 0 Å². The maximum absolute atomic E-state index is 12.5. The molecule has 144 valence electrons. The highest BCUT2D eigenvalue weighted by Gasteiger charge is 2.34. The molecule has 1 aliphatic heterocycles. The zero-order valence-corrected chi connectivity index (χ0v) is 16.7. The van der Waals surface area contributed by atoms with Crippen molar-refractivity contribution >= 4 is 17.7 Å². The van der Waals surface area contributed by atoms with E-state index in [1.807, 2.05) is 41.3 Å². The topological polar surface area (TPSA) is 57.2 Å². The number of hydrogen-bond acceptors (Lipinski definition) is 6. The second-order valence-corrected chi connectivity index (χ2v) is 7.05. The molecule has 0 aliphatic carbocycles. The van der Waals surface area contributed by atoms with E-state index in [1.165, 1.54) is 0 Å². The molecule has 0 bridgehead atoms. The standard InChI is InChI=1S/C20H23NO5S/c1-23-14-6-7-15(17(10-14)25-3)20-21(19(22)12-27-20)11-13-5-8-16(24-2)18(9-13)26-4/h5-10,20H,11-12H2,1-4H3. The van der Waals surface area contributed by atoms with Gasteiger partial charge in [-0.05, 0) is 29.8 Å². The Hall–Kier alpha value is -2.54. The molecule has 0 saturated carbocycles. The van der Waals surface area contributed by atoms with E-state index < -0.39 is 0 Å². The number of nitrogens with zero attached hydrogens (tertiary/aromatic N) is 1. The highest BCUT2D eigenvalue weighted by atomic mass is 32.2. The summed E-state index contributed by atoms with van der Waals surface area (Å²) < 4.78 is 21.5. The second-order valence-electron chi connectivity index (χ2n) is 5.98. The minimum absolute atomic E-state index is 0.0951. The van der Waals surface area contributed by atoms with Gasteiger partial charge in [0, 0.05) is 18.2 Å². The summed E-state index contributed by atoms with van der Waals surface area (Å²) in [7, 11) is 6.44. The number of carbonyl (C=O) groups is 1. The Morgan fingerprint density at radius 1 is 0.926 bits per heavy atom. The molecule has 6 nitrogen and oxygen atoms in total. The molecule has 1 aliphatic rings. The highest BCUT2D eigenvalue weighted by molar-refractivity contribution is 8.00. The van der Waals surface area contributed by atoms with Gasteiger partial charge in [0.05, 0.1) is 34.2 Å². The Balaban J connectivity index is 1.89. The van der Waals surface area contributed by atoms with Crippen LogP contribution in [0.2, 0.25) is 0 Å². The predicted molar refractivity (Wildman–Crippen MR) is 105 cm³/mol. The van der Waals surface area contributed by atoms with Crippen molar-refractivity contribution in [2.75, 3.05) is 34.2 Å². The lowest BCUT2D eigenvalue weighted by Gasteiger charge is -2.26. The number of ether oxygens (including phenoxy) is 4. The van der Waals surface area contributed by atoms with Gasteiger partial charge in [-0.25, -0.2) is 0 Å². The summed E-state index contributed by atoms with van der Waals surface area (Å²) in [5.41, 5.74) is 1.93. The number of thioether (sulfide) groups is 1. The number of methoxy groups -OCH3 is 4. The molecule has 2 aromatic carbocycles. The summed E-state index contributed by atoms with van der Waals surface area (Å²) in [6.07, 6.45) is 0. The van der Waals surface area contributed by atoms with Crippen LogP contribution in [0.5, 0.6) is 23.0 Å². The fourth-order valence-corrected chi connectivity index (χ4v) is 4.29. The monoisotopic (exact) mass is 389 g/mol. The van der Waals surface area contributed by atoms with Gasteiger partial charge in [-0.1, -0.05) is 6.07 Å². The summed E-state index contributed by atoms with van der Waals surface area (Å²) in [5.74, 6) is 3.27. The number of amides is 1. The number of hydrogen-bond donors (Lipinski definition) is 0. The van der Waals surface area contributed by atoms with Crippen LogP contribution < -0.4 is 18.9 Å². The zero-order chi connectivity index (χ0) is 19.4. The first kappa shape index (κ1) is 19.2. The molecule has 0 radical (unpaired) electrons. The molecule has 0 N–H and O–H groups in total. The molecule has 0 aromatic heterocycles. The van der Waals surface area contributed by atoms with Gasteiger partial charge in [0.25, 0.3) is 0 Å². The molecule has 1 fully saturated rings. The average Bonchev–Trinajstić information content (AvgIpc) is 3.07. The molecule has 1 heterocycles. The average molecular weight is 389 g/mol. The van der Waals surface area contributed by atoms with Gasteiger partial charge < -0.3 is 23.8 Å². The molecular weight excluding hydrogens is 366 g/mol. The van der Waals surface area contributed by atoms with Gasteiger partial charge >= 0.3 is 0 Å². The first-order valence-electron chi connectivity index (χ1n) is 8.45. The van der Waals surface area contributed by atoms with Crippen LogP contribution >= 0.6 is 11.8 Å². The largest absolute Gasteiger partial charge is 0.497 e. The number of carbonyl (C=O) groups excluding carboxylic acids is 1. The third-order valence-electron chi connectivity index (χ3n) is 4.48. The minimum atomic E-state index is -0.119. The van der Waals surface area contributed by atoms with E-state index in [2.05, 4.69) is 0 Å². The second kappa shape index (κ2) is 8.43. The molecular formula is C20H23NO5S. The third-order valence-corrected chi connectivity index (χ3v) is 5.71. The molecule has 1 unspecified atom stereocenters. The van der Waals surface area contributed by atoms with E-state index in [1.54, 1.807) is 40.2 Å². The smallest absolute Gasteiger partial charge is 0.234 e. The molecule has 1 amide bonds. The Morgan fingerprint density at radius 3 is 2.33 bits per heavy atom. The van der Waals surface area contributed by atoms with Crippen LogP contribution in [0.25, 0.3) is 0 Å². The Morgan fingerprint density at radius 2 is 1.67 bits per heavy atom. The van der Waals surface area contributed by atoms with E-state index in [9.17, 15) is 4.79 Å². The number of rotatable bonds is 7. The molecule has 0 spiro atoms. The van der Waals surface area contributed by atoms with Crippen LogP contribution in [-0.2, 0) is 11.3 Å². The van der Waals surface area contributed by atoms with E-state index in [0.717, 1.165) is 16.9 Å². The highest BCUT2D eigenvalue weighted by Crippen LogP contribution is 2.44. The summed E-state index contributed by atoms with van der Waals surface area (Å²) in [6, 6.07) is 11.4. The van der Waals surface area contributed by atoms with E-state index in [4.69, 9.17) is 18.9 Å². The Bertz CT molecular complexity index is 826. The molecule has 1 atom stereocenters. The molecule has 1 saturated heterocycles. The zero-order valence-electron chi connectivity index (χ0n) is 15.9. The van der Waals surface area contributed by atoms with Crippen molar-refractivity contribution in [3.05, 3.63) is 47.5 Å². The van der Waals surface area contributed by atoms with E-state index in [0.29, 0.717) is 29.5 Å². The van der Waals surface area contributed by atoms with Crippen molar-refractivity contribution in [1.29, 1.82) is 0 Å². The van der Waals surface area contributed by atoms with Crippen molar-refractivity contribution in [3.63, 3.8) is 0 Å². The van der Waals surface area contributed by atoms with Gasteiger partial charge in [-0.15, -0.1) is 11.8 Å². The first-order chi connectivity index (χ1) is 13.1. The summed E-state index contributed by atoms with van der Waals surface area (Å²) in [4.78, 5) is 14.4. The summed E-state index contributed by atoms with van der Waals surface area (Å²) in [6.45, 7) is 0.478. The van der Waals surface area contributed by atoms with Crippen LogP contribution in [0.4, 0.5) is 0 Å². The van der Waals surface area contributed by atoms with Crippen LogP contribution in [0.3, 0.4) is 0 Å². The van der Waals surface area contributed by atoms with Crippen molar-refractivity contribution < 1.29 is 23.7 Å². The fourth-order valence-electron chi connectivity index (χ4n) is 3.08. The van der Waals surface area contributed by atoms with Gasteiger partial charge in [-0.3, -0.25) is 4.79 Å². The Kier molecular flexibility index (Phi) is 6.01. The van der Waals surface area contributed by atoms with Gasteiger partial charge in [0.1, 0.15) is 16.9 Å². The molecule has 7 heteroatoms. The lowest BCUT2D eigenvalue weighted by atomic mass is 10.1. The van der Waals surface area contributed by atoms with Crippen LogP contribution in [0.15, 0.2) is 36.4 Å². The SMILES string of the molecule is COc1ccc(C2SCC(=O)N2Cc2ccc(OC)c(OC)c2)c(OC)c1. The van der Waals surface area contributed by atoms with Crippen LogP contribution in [0.1, 0.15) is 16.5 Å². The predicted octanol–water partition coefficient (Wildman–Crippen LogP) is 3.50. The normalized spacial score (nSPS) is 16.4. The van der Waals surface area contributed by atoms with Crippen molar-refractivity contribution in [2.24, 2.45) is 0 Å². The maximum Gasteiger partial charge on any atom is 0.234 e.